The summed E-state index contributed by atoms with van der Waals surface area (Å²) in [5.41, 5.74) is 0. The number of halogens is 6. The molecule has 1 aliphatic carbocycles. The molecule has 0 bridgehead atoms. The van der Waals surface area contributed by atoms with Gasteiger partial charge in [0.05, 0.1) is 25.9 Å². The Morgan fingerprint density at radius 3 is 2.06 bits per heavy atom. The van der Waals surface area contributed by atoms with Gasteiger partial charge in [-0.1, -0.05) is 6.07 Å². The molecule has 10 nitrogen and oxygen atoms in total. The number of aliphatic carboxylic acids is 3. The first-order chi connectivity index (χ1) is 16.1. The summed E-state index contributed by atoms with van der Waals surface area (Å²) in [6, 6.07) is 5.80. The van der Waals surface area contributed by atoms with Crippen molar-refractivity contribution in [2.45, 2.75) is 37.3 Å². The zero-order chi connectivity index (χ0) is 26.8. The average molecular weight is 520 g/mol. The van der Waals surface area contributed by atoms with Crippen LogP contribution in [-0.2, 0) is 19.1 Å². The Labute approximate surface area is 194 Å². The van der Waals surface area contributed by atoms with Gasteiger partial charge in [-0.3, -0.25) is 9.69 Å². The lowest BCUT2D eigenvalue weighted by Gasteiger charge is -2.36. The monoisotopic (exact) mass is 520 g/mol. The molecule has 0 spiro atoms. The first kappa shape index (κ1) is 29.9. The van der Waals surface area contributed by atoms with E-state index < -0.39 is 30.3 Å². The first-order valence-corrected chi connectivity index (χ1v) is 9.82. The smallest absolute Gasteiger partial charge is 0.480 e. The lowest BCUT2D eigenvalue weighted by molar-refractivity contribution is -0.193. The maximum Gasteiger partial charge on any atom is 0.490 e. The molecule has 2 aliphatic rings. The van der Waals surface area contributed by atoms with Gasteiger partial charge < -0.3 is 24.8 Å². The standard InChI is InChI=1S/C15H20N2O4.2C2HF3O2/c18-15(19)9-17-5-6-20-13-8-11(7-12(13)17)10-21-14-3-1-2-4-16-14;2*3-2(4,5)1(6)7/h1-4,11-13H,5-10H2,(H,18,19);2*(H,6,7). The highest BCUT2D eigenvalue weighted by Gasteiger charge is 2.42. The Balaban J connectivity index is 0.000000362. The summed E-state index contributed by atoms with van der Waals surface area (Å²) in [6.07, 6.45) is -6.48. The summed E-state index contributed by atoms with van der Waals surface area (Å²) in [5.74, 6) is -5.27. The van der Waals surface area contributed by atoms with E-state index in [2.05, 4.69) is 4.98 Å². The van der Waals surface area contributed by atoms with Crippen LogP contribution in [-0.4, -0.2) is 93.9 Å². The van der Waals surface area contributed by atoms with E-state index in [1.54, 1.807) is 6.20 Å². The van der Waals surface area contributed by atoms with Gasteiger partial charge in [-0.05, 0) is 24.8 Å². The van der Waals surface area contributed by atoms with Crippen LogP contribution in [0, 0.1) is 5.92 Å². The van der Waals surface area contributed by atoms with Gasteiger partial charge in [0.15, 0.2) is 0 Å². The zero-order valence-electron chi connectivity index (χ0n) is 17.8. The average Bonchev–Trinajstić information content (AvgIpc) is 3.16. The maximum absolute atomic E-state index is 10.9. The van der Waals surface area contributed by atoms with Crippen molar-refractivity contribution >= 4 is 17.9 Å². The van der Waals surface area contributed by atoms with Crippen LogP contribution in [0.15, 0.2) is 24.4 Å². The van der Waals surface area contributed by atoms with Gasteiger partial charge in [0.25, 0.3) is 0 Å². The van der Waals surface area contributed by atoms with Crippen molar-refractivity contribution in [3.8, 4) is 5.88 Å². The molecule has 198 valence electrons. The van der Waals surface area contributed by atoms with Crippen LogP contribution in [0.3, 0.4) is 0 Å². The Kier molecular flexibility index (Phi) is 11.2. The number of alkyl halides is 6. The van der Waals surface area contributed by atoms with Crippen molar-refractivity contribution in [1.82, 2.24) is 9.88 Å². The predicted molar refractivity (Wildman–Crippen MR) is 103 cm³/mol. The van der Waals surface area contributed by atoms with Crippen molar-refractivity contribution in [3.05, 3.63) is 24.4 Å². The van der Waals surface area contributed by atoms with Crippen molar-refractivity contribution in [2.24, 2.45) is 5.92 Å². The summed E-state index contributed by atoms with van der Waals surface area (Å²) in [6.45, 7) is 2.01. The number of morpholine rings is 1. The van der Waals surface area contributed by atoms with E-state index in [1.807, 2.05) is 23.1 Å². The molecule has 1 aromatic rings. The number of pyridine rings is 1. The third-order valence-electron chi connectivity index (χ3n) is 4.68. The Morgan fingerprint density at radius 1 is 1.03 bits per heavy atom. The molecule has 3 atom stereocenters. The molecule has 3 N–H and O–H groups in total. The van der Waals surface area contributed by atoms with E-state index in [4.69, 9.17) is 34.4 Å². The molecule has 0 aromatic carbocycles. The van der Waals surface area contributed by atoms with Crippen LogP contribution in [0.25, 0.3) is 0 Å². The van der Waals surface area contributed by atoms with Crippen LogP contribution < -0.4 is 4.74 Å². The summed E-state index contributed by atoms with van der Waals surface area (Å²) in [5, 5.41) is 23.2. The van der Waals surface area contributed by atoms with Crippen LogP contribution in [0.1, 0.15) is 12.8 Å². The summed E-state index contributed by atoms with van der Waals surface area (Å²) in [4.78, 5) is 34.9. The highest BCUT2D eigenvalue weighted by Crippen LogP contribution is 2.34. The number of nitrogens with zero attached hydrogens (tertiary/aromatic N) is 2. The molecule has 1 aromatic heterocycles. The van der Waals surface area contributed by atoms with Crippen molar-refractivity contribution < 1.29 is 65.5 Å². The quantitative estimate of drug-likeness (QED) is 0.494. The number of aromatic nitrogens is 1. The molecular formula is C19H22F6N2O8. The normalized spacial score (nSPS) is 21.9. The second-order valence-electron chi connectivity index (χ2n) is 7.26. The lowest BCUT2D eigenvalue weighted by Crippen LogP contribution is -2.50. The van der Waals surface area contributed by atoms with Gasteiger partial charge >= 0.3 is 30.3 Å². The molecular weight excluding hydrogens is 498 g/mol. The zero-order valence-corrected chi connectivity index (χ0v) is 17.8. The minimum atomic E-state index is -5.08. The molecule has 1 saturated carbocycles. The predicted octanol–water partition coefficient (Wildman–Crippen LogP) is 2.29. The fourth-order valence-electron chi connectivity index (χ4n) is 3.27. The molecule has 35 heavy (non-hydrogen) atoms. The maximum atomic E-state index is 10.9. The van der Waals surface area contributed by atoms with Crippen molar-refractivity contribution in [3.63, 3.8) is 0 Å². The van der Waals surface area contributed by atoms with E-state index in [0.717, 1.165) is 12.8 Å². The Bertz CT molecular complexity index is 813. The highest BCUT2D eigenvalue weighted by atomic mass is 19.4. The number of carboxylic acids is 3. The molecule has 2 fully saturated rings. The first-order valence-electron chi connectivity index (χ1n) is 9.82. The molecule has 1 aliphatic heterocycles. The van der Waals surface area contributed by atoms with Gasteiger partial charge in [-0.2, -0.15) is 26.3 Å². The fourth-order valence-corrected chi connectivity index (χ4v) is 3.27. The number of carboxylic acid groups (broad SMARTS) is 3. The topological polar surface area (TPSA) is 146 Å². The second-order valence-corrected chi connectivity index (χ2v) is 7.26. The highest BCUT2D eigenvalue weighted by molar-refractivity contribution is 5.73. The largest absolute Gasteiger partial charge is 0.490 e. The van der Waals surface area contributed by atoms with Crippen LogP contribution in [0.5, 0.6) is 5.88 Å². The summed E-state index contributed by atoms with van der Waals surface area (Å²) in [7, 11) is 0. The van der Waals surface area contributed by atoms with Crippen LogP contribution in [0.4, 0.5) is 26.3 Å². The third-order valence-corrected chi connectivity index (χ3v) is 4.68. The molecule has 1 saturated heterocycles. The third kappa shape index (κ3) is 11.2. The summed E-state index contributed by atoms with van der Waals surface area (Å²) < 4.78 is 75.0. The van der Waals surface area contributed by atoms with E-state index in [9.17, 15) is 31.1 Å². The number of ether oxygens (including phenoxy) is 2. The van der Waals surface area contributed by atoms with Crippen molar-refractivity contribution in [1.29, 1.82) is 0 Å². The SMILES string of the molecule is O=C(O)C(F)(F)F.O=C(O)C(F)(F)F.O=C(O)CN1CCOC2CC(COc3ccccn3)CC21. The van der Waals surface area contributed by atoms with E-state index in [-0.39, 0.29) is 18.7 Å². The molecule has 0 radical (unpaired) electrons. The van der Waals surface area contributed by atoms with E-state index in [1.165, 1.54) is 0 Å². The number of hydrogen-bond donors (Lipinski definition) is 3. The van der Waals surface area contributed by atoms with E-state index >= 15 is 0 Å². The molecule has 0 amide bonds. The molecule has 3 unspecified atom stereocenters. The number of hydrogen-bond acceptors (Lipinski definition) is 7. The lowest BCUT2D eigenvalue weighted by atomic mass is 10.1. The molecule has 2 heterocycles. The Hall–Kier alpha value is -3.14. The molecule has 3 rings (SSSR count). The number of fused-ring (bicyclic) bond motifs is 1. The van der Waals surface area contributed by atoms with Crippen molar-refractivity contribution in [2.75, 3.05) is 26.3 Å². The second kappa shape index (κ2) is 13.1. The number of carbonyl (C=O) groups is 3. The van der Waals surface area contributed by atoms with Gasteiger partial charge in [0.2, 0.25) is 5.88 Å². The minimum Gasteiger partial charge on any atom is -0.480 e. The van der Waals surface area contributed by atoms with Crippen LogP contribution >= 0.6 is 0 Å². The Morgan fingerprint density at radius 2 is 1.60 bits per heavy atom. The van der Waals surface area contributed by atoms with Gasteiger partial charge in [-0.15, -0.1) is 0 Å². The van der Waals surface area contributed by atoms with Crippen LogP contribution in [0.2, 0.25) is 0 Å². The van der Waals surface area contributed by atoms with Gasteiger partial charge in [0, 0.05) is 24.8 Å². The minimum absolute atomic E-state index is 0.0956. The number of rotatable bonds is 5. The summed E-state index contributed by atoms with van der Waals surface area (Å²) >= 11 is 0. The van der Waals surface area contributed by atoms with Gasteiger partial charge in [0.1, 0.15) is 0 Å². The molecule has 16 heteroatoms. The fraction of sp³-hybridized carbons (Fsp3) is 0.579. The van der Waals surface area contributed by atoms with E-state index in [0.29, 0.717) is 31.6 Å². The van der Waals surface area contributed by atoms with Gasteiger partial charge in [-0.25, -0.2) is 14.6 Å².